The summed E-state index contributed by atoms with van der Waals surface area (Å²) >= 11 is 0. The highest BCUT2D eigenvalue weighted by Gasteiger charge is 2.48. The monoisotopic (exact) mass is 299 g/mol. The maximum absolute atomic E-state index is 10.3. The molecule has 0 aromatic heterocycles. The van der Waals surface area contributed by atoms with Gasteiger partial charge in [0.25, 0.3) is 0 Å². The van der Waals surface area contributed by atoms with Gasteiger partial charge in [-0.25, -0.2) is 0 Å². The second-order valence-electron chi connectivity index (χ2n) is 5.67. The second kappa shape index (κ2) is 5.63. The third-order valence-electron chi connectivity index (χ3n) is 4.69. The molecule has 2 atom stereocenters. The average Bonchev–Trinajstić information content (AvgIpc) is 2.87. The van der Waals surface area contributed by atoms with Crippen molar-refractivity contribution in [3.05, 3.63) is 59.2 Å². The van der Waals surface area contributed by atoms with E-state index in [0.29, 0.717) is 6.42 Å². The fourth-order valence-corrected chi connectivity index (χ4v) is 3.57. The third kappa shape index (κ3) is 1.99. The molecule has 0 saturated carbocycles. The lowest BCUT2D eigenvalue weighted by Crippen LogP contribution is -2.46. The Bertz CT molecular complexity index is 686. The lowest BCUT2D eigenvalue weighted by Gasteiger charge is -2.34. The van der Waals surface area contributed by atoms with E-state index < -0.39 is 5.41 Å². The Morgan fingerprint density at radius 3 is 2.64 bits per heavy atom. The van der Waals surface area contributed by atoms with Gasteiger partial charge in [-0.05, 0) is 35.7 Å². The standard InChI is InChI=1S/C18H21NO3/c1-21-14-7-4-6-13(10-14)18(11-20)16(19)9-12-5-3-8-15(22-2)17(12)18/h3-8,10,16,20H,9,11,19H2,1-2H3/t16-,18+/m0/s1. The molecule has 4 heteroatoms. The van der Waals surface area contributed by atoms with Gasteiger partial charge in [0, 0.05) is 11.6 Å². The molecule has 22 heavy (non-hydrogen) atoms. The van der Waals surface area contributed by atoms with Crippen LogP contribution in [-0.2, 0) is 11.8 Å². The summed E-state index contributed by atoms with van der Waals surface area (Å²) in [5.41, 5.74) is 8.86. The number of rotatable bonds is 4. The molecule has 0 saturated heterocycles. The van der Waals surface area contributed by atoms with Crippen LogP contribution >= 0.6 is 0 Å². The molecule has 4 nitrogen and oxygen atoms in total. The van der Waals surface area contributed by atoms with E-state index in [1.807, 2.05) is 36.4 Å². The number of hydrogen-bond donors (Lipinski definition) is 2. The molecule has 3 N–H and O–H groups in total. The molecule has 0 heterocycles. The summed E-state index contributed by atoms with van der Waals surface area (Å²) in [5.74, 6) is 1.52. The predicted molar refractivity (Wildman–Crippen MR) is 85.5 cm³/mol. The fourth-order valence-electron chi connectivity index (χ4n) is 3.57. The van der Waals surface area contributed by atoms with E-state index in [2.05, 4.69) is 6.07 Å². The van der Waals surface area contributed by atoms with Crippen molar-refractivity contribution >= 4 is 0 Å². The van der Waals surface area contributed by atoms with Crippen molar-refractivity contribution < 1.29 is 14.6 Å². The van der Waals surface area contributed by atoms with Gasteiger partial charge in [0.1, 0.15) is 11.5 Å². The molecular weight excluding hydrogens is 278 g/mol. The molecular formula is C18H21NO3. The summed E-state index contributed by atoms with van der Waals surface area (Å²) < 4.78 is 10.9. The number of nitrogens with two attached hydrogens (primary N) is 1. The first kappa shape index (κ1) is 14.9. The van der Waals surface area contributed by atoms with Crippen molar-refractivity contribution in [2.45, 2.75) is 17.9 Å². The Labute approximate surface area is 130 Å². The maximum atomic E-state index is 10.3. The zero-order valence-electron chi connectivity index (χ0n) is 12.9. The molecule has 116 valence electrons. The number of aliphatic hydroxyl groups excluding tert-OH is 1. The molecule has 2 aromatic carbocycles. The third-order valence-corrected chi connectivity index (χ3v) is 4.69. The number of methoxy groups -OCH3 is 2. The Hall–Kier alpha value is -2.04. The van der Waals surface area contributed by atoms with Crippen molar-refractivity contribution in [2.24, 2.45) is 5.73 Å². The van der Waals surface area contributed by atoms with Crippen LogP contribution in [0.3, 0.4) is 0 Å². The van der Waals surface area contributed by atoms with E-state index in [0.717, 1.165) is 28.2 Å². The summed E-state index contributed by atoms with van der Waals surface area (Å²) in [4.78, 5) is 0. The first-order valence-electron chi connectivity index (χ1n) is 7.34. The highest BCUT2D eigenvalue weighted by atomic mass is 16.5. The van der Waals surface area contributed by atoms with Crippen LogP contribution in [-0.4, -0.2) is 32.0 Å². The van der Waals surface area contributed by atoms with E-state index in [1.54, 1.807) is 14.2 Å². The number of ether oxygens (including phenoxy) is 2. The quantitative estimate of drug-likeness (QED) is 0.904. The van der Waals surface area contributed by atoms with Gasteiger partial charge in [-0.3, -0.25) is 0 Å². The molecule has 2 aromatic rings. The SMILES string of the molecule is COc1cccc([C@@]2(CO)c3c(cccc3OC)C[C@@H]2N)c1. The first-order valence-corrected chi connectivity index (χ1v) is 7.34. The predicted octanol–water partition coefficient (Wildman–Crippen LogP) is 1.87. The minimum atomic E-state index is -0.670. The topological polar surface area (TPSA) is 64.7 Å². The van der Waals surface area contributed by atoms with Gasteiger partial charge in [-0.15, -0.1) is 0 Å². The van der Waals surface area contributed by atoms with Gasteiger partial charge >= 0.3 is 0 Å². The first-order chi connectivity index (χ1) is 10.7. The number of aliphatic hydroxyl groups is 1. The van der Waals surface area contributed by atoms with E-state index in [4.69, 9.17) is 15.2 Å². The molecule has 0 radical (unpaired) electrons. The normalized spacial score (nSPS) is 23.2. The summed E-state index contributed by atoms with van der Waals surface area (Å²) in [6, 6.07) is 13.5. The molecule has 1 aliphatic carbocycles. The molecule has 0 unspecified atom stereocenters. The van der Waals surface area contributed by atoms with E-state index in [1.165, 1.54) is 0 Å². The van der Waals surface area contributed by atoms with E-state index >= 15 is 0 Å². The van der Waals surface area contributed by atoms with Gasteiger partial charge in [-0.2, -0.15) is 0 Å². The largest absolute Gasteiger partial charge is 0.497 e. The molecule has 0 amide bonds. The Morgan fingerprint density at radius 1 is 1.18 bits per heavy atom. The Morgan fingerprint density at radius 2 is 1.95 bits per heavy atom. The van der Waals surface area contributed by atoms with Gasteiger partial charge in [0.15, 0.2) is 0 Å². The van der Waals surface area contributed by atoms with Gasteiger partial charge in [0.2, 0.25) is 0 Å². The molecule has 0 aliphatic heterocycles. The average molecular weight is 299 g/mol. The Balaban J connectivity index is 2.26. The summed E-state index contributed by atoms with van der Waals surface area (Å²) in [7, 11) is 3.28. The Kier molecular flexibility index (Phi) is 3.81. The van der Waals surface area contributed by atoms with Crippen LogP contribution in [0.25, 0.3) is 0 Å². The van der Waals surface area contributed by atoms with E-state index in [9.17, 15) is 5.11 Å². The van der Waals surface area contributed by atoms with Crippen molar-refractivity contribution in [1.29, 1.82) is 0 Å². The van der Waals surface area contributed by atoms with E-state index in [-0.39, 0.29) is 12.6 Å². The van der Waals surface area contributed by atoms with Crippen LogP contribution in [0.2, 0.25) is 0 Å². The summed E-state index contributed by atoms with van der Waals surface area (Å²) in [5, 5.41) is 10.3. The van der Waals surface area contributed by atoms with Gasteiger partial charge < -0.3 is 20.3 Å². The van der Waals surface area contributed by atoms with Crippen LogP contribution in [0.1, 0.15) is 16.7 Å². The number of fused-ring (bicyclic) bond motifs is 1. The smallest absolute Gasteiger partial charge is 0.123 e. The van der Waals surface area contributed by atoms with Crippen molar-refractivity contribution in [1.82, 2.24) is 0 Å². The van der Waals surface area contributed by atoms with Crippen LogP contribution in [0.4, 0.5) is 0 Å². The number of benzene rings is 2. The van der Waals surface area contributed by atoms with Crippen LogP contribution in [0.5, 0.6) is 11.5 Å². The lowest BCUT2D eigenvalue weighted by atomic mass is 9.73. The minimum absolute atomic E-state index is 0.0747. The fraction of sp³-hybridized carbons (Fsp3) is 0.333. The molecule has 1 aliphatic rings. The van der Waals surface area contributed by atoms with Crippen LogP contribution < -0.4 is 15.2 Å². The van der Waals surface area contributed by atoms with Crippen molar-refractivity contribution in [2.75, 3.05) is 20.8 Å². The maximum Gasteiger partial charge on any atom is 0.123 e. The van der Waals surface area contributed by atoms with Crippen molar-refractivity contribution in [3.63, 3.8) is 0 Å². The lowest BCUT2D eigenvalue weighted by molar-refractivity contribution is 0.202. The van der Waals surface area contributed by atoms with Crippen LogP contribution in [0, 0.1) is 0 Å². The minimum Gasteiger partial charge on any atom is -0.497 e. The van der Waals surface area contributed by atoms with Gasteiger partial charge in [-0.1, -0.05) is 24.3 Å². The summed E-state index contributed by atoms with van der Waals surface area (Å²) in [6.45, 7) is -0.0747. The number of hydrogen-bond acceptors (Lipinski definition) is 4. The molecule has 3 rings (SSSR count). The molecule has 0 bridgehead atoms. The van der Waals surface area contributed by atoms with Crippen LogP contribution in [0.15, 0.2) is 42.5 Å². The highest BCUT2D eigenvalue weighted by molar-refractivity contribution is 5.58. The highest BCUT2D eigenvalue weighted by Crippen LogP contribution is 2.48. The molecule has 0 spiro atoms. The second-order valence-corrected chi connectivity index (χ2v) is 5.67. The van der Waals surface area contributed by atoms with Crippen molar-refractivity contribution in [3.8, 4) is 11.5 Å². The zero-order chi connectivity index (χ0) is 15.7. The summed E-state index contributed by atoms with van der Waals surface area (Å²) in [6.07, 6.45) is 0.713. The van der Waals surface area contributed by atoms with Gasteiger partial charge in [0.05, 0.1) is 26.2 Å². The molecule has 0 fully saturated rings. The zero-order valence-corrected chi connectivity index (χ0v) is 12.9.